The van der Waals surface area contributed by atoms with Gasteiger partial charge < -0.3 is 5.32 Å². The number of halogens is 3. The zero-order valence-electron chi connectivity index (χ0n) is 12.2. The number of nitrogens with zero attached hydrogens (tertiary/aromatic N) is 1. The summed E-state index contributed by atoms with van der Waals surface area (Å²) in [4.78, 5) is 23.2. The van der Waals surface area contributed by atoms with Crippen molar-refractivity contribution in [1.82, 2.24) is 5.43 Å². The molecule has 0 aliphatic carbocycles. The number of alkyl halides is 3. The second kappa shape index (κ2) is 7.40. The first-order chi connectivity index (χ1) is 11.4. The lowest BCUT2D eigenvalue weighted by Crippen LogP contribution is -2.32. The molecule has 0 heterocycles. The lowest BCUT2D eigenvalue weighted by atomic mass is 10.2. The van der Waals surface area contributed by atoms with Gasteiger partial charge >= 0.3 is 18.0 Å². The fourth-order valence-corrected chi connectivity index (χ4v) is 1.72. The average molecular weight is 335 g/mol. The molecule has 0 aliphatic rings. The van der Waals surface area contributed by atoms with Crippen molar-refractivity contribution in [2.45, 2.75) is 6.18 Å². The van der Waals surface area contributed by atoms with Gasteiger partial charge in [0.2, 0.25) is 0 Å². The van der Waals surface area contributed by atoms with E-state index < -0.39 is 23.6 Å². The van der Waals surface area contributed by atoms with Gasteiger partial charge in [0, 0.05) is 5.69 Å². The highest BCUT2D eigenvalue weighted by Gasteiger charge is 2.30. The third-order valence-electron chi connectivity index (χ3n) is 2.83. The van der Waals surface area contributed by atoms with Crippen LogP contribution in [0.3, 0.4) is 0 Å². The van der Waals surface area contributed by atoms with Gasteiger partial charge in [0.05, 0.1) is 11.8 Å². The number of carbonyl (C=O) groups excluding carboxylic acids is 2. The Labute approximate surface area is 135 Å². The highest BCUT2D eigenvalue weighted by molar-refractivity contribution is 6.39. The van der Waals surface area contributed by atoms with Crippen molar-refractivity contribution in [3.05, 3.63) is 65.7 Å². The zero-order chi connectivity index (χ0) is 17.6. The largest absolute Gasteiger partial charge is 0.416 e. The number of amides is 2. The molecule has 0 spiro atoms. The van der Waals surface area contributed by atoms with Gasteiger partial charge in [-0.1, -0.05) is 36.4 Å². The predicted octanol–water partition coefficient (Wildman–Crippen LogP) is 2.79. The average Bonchev–Trinajstić information content (AvgIpc) is 2.55. The van der Waals surface area contributed by atoms with Crippen LogP contribution in [0.1, 0.15) is 11.1 Å². The number of rotatable bonds is 3. The number of hydrazone groups is 1. The first-order valence-electron chi connectivity index (χ1n) is 6.73. The van der Waals surface area contributed by atoms with Crippen LogP contribution >= 0.6 is 0 Å². The molecule has 8 heteroatoms. The van der Waals surface area contributed by atoms with Crippen molar-refractivity contribution in [2.75, 3.05) is 5.32 Å². The molecule has 0 unspecified atom stereocenters. The van der Waals surface area contributed by atoms with Gasteiger partial charge in [-0.15, -0.1) is 0 Å². The van der Waals surface area contributed by atoms with Gasteiger partial charge in [0.25, 0.3) is 0 Å². The Morgan fingerprint density at radius 1 is 0.958 bits per heavy atom. The lowest BCUT2D eigenvalue weighted by molar-refractivity contribution is -0.137. The van der Waals surface area contributed by atoms with E-state index in [4.69, 9.17) is 0 Å². The van der Waals surface area contributed by atoms with Crippen LogP contribution in [0.2, 0.25) is 0 Å². The van der Waals surface area contributed by atoms with Gasteiger partial charge in [-0.3, -0.25) is 9.59 Å². The molecule has 0 saturated heterocycles. The first kappa shape index (κ1) is 17.2. The molecule has 2 aromatic rings. The van der Waals surface area contributed by atoms with Crippen LogP contribution in [-0.4, -0.2) is 18.0 Å². The van der Waals surface area contributed by atoms with E-state index in [0.717, 1.165) is 18.2 Å². The van der Waals surface area contributed by atoms with Gasteiger partial charge in [0.15, 0.2) is 0 Å². The summed E-state index contributed by atoms with van der Waals surface area (Å²) in [5.41, 5.74) is 1.63. The second-order valence-electron chi connectivity index (χ2n) is 4.64. The van der Waals surface area contributed by atoms with E-state index in [2.05, 4.69) is 10.4 Å². The van der Waals surface area contributed by atoms with E-state index in [1.165, 1.54) is 12.3 Å². The highest BCUT2D eigenvalue weighted by Crippen LogP contribution is 2.30. The van der Waals surface area contributed by atoms with Crippen LogP contribution < -0.4 is 10.7 Å². The molecule has 0 fully saturated rings. The molecule has 0 saturated carbocycles. The topological polar surface area (TPSA) is 70.6 Å². The number of hydrogen-bond acceptors (Lipinski definition) is 3. The van der Waals surface area contributed by atoms with Gasteiger partial charge in [0.1, 0.15) is 0 Å². The van der Waals surface area contributed by atoms with Gasteiger partial charge in [-0.05, 0) is 23.8 Å². The van der Waals surface area contributed by atoms with Crippen LogP contribution in [-0.2, 0) is 15.8 Å². The van der Waals surface area contributed by atoms with Crippen molar-refractivity contribution in [3.8, 4) is 0 Å². The third kappa shape index (κ3) is 4.94. The van der Waals surface area contributed by atoms with Crippen LogP contribution in [0.15, 0.2) is 59.7 Å². The Morgan fingerprint density at radius 3 is 2.33 bits per heavy atom. The van der Waals surface area contributed by atoms with Gasteiger partial charge in [-0.25, -0.2) is 5.43 Å². The molecule has 0 bridgehead atoms. The Hall–Kier alpha value is -3.16. The number of benzene rings is 2. The van der Waals surface area contributed by atoms with E-state index in [0.29, 0.717) is 5.56 Å². The first-order valence-corrected chi connectivity index (χ1v) is 6.73. The fourth-order valence-electron chi connectivity index (χ4n) is 1.72. The molecule has 0 atom stereocenters. The fraction of sp³-hybridized carbons (Fsp3) is 0.0625. The minimum Gasteiger partial charge on any atom is -0.318 e. The summed E-state index contributed by atoms with van der Waals surface area (Å²) in [7, 11) is 0. The molecule has 2 amide bonds. The van der Waals surface area contributed by atoms with E-state index in [9.17, 15) is 22.8 Å². The summed E-state index contributed by atoms with van der Waals surface area (Å²) in [6.45, 7) is 0. The molecule has 2 rings (SSSR count). The van der Waals surface area contributed by atoms with Crippen molar-refractivity contribution < 1.29 is 22.8 Å². The van der Waals surface area contributed by atoms with Crippen molar-refractivity contribution >= 4 is 23.7 Å². The summed E-state index contributed by atoms with van der Waals surface area (Å²) < 4.78 is 37.7. The smallest absolute Gasteiger partial charge is 0.318 e. The molecule has 5 nitrogen and oxygen atoms in total. The number of anilines is 1. The number of nitrogens with one attached hydrogen (secondary N) is 2. The minimum absolute atomic E-state index is 0.142. The maximum absolute atomic E-state index is 12.6. The molecule has 2 aromatic carbocycles. The monoisotopic (exact) mass is 335 g/mol. The minimum atomic E-state index is -4.54. The Bertz CT molecular complexity index is 759. The summed E-state index contributed by atoms with van der Waals surface area (Å²) >= 11 is 0. The van der Waals surface area contributed by atoms with E-state index >= 15 is 0 Å². The highest BCUT2D eigenvalue weighted by atomic mass is 19.4. The van der Waals surface area contributed by atoms with E-state index in [1.807, 2.05) is 5.43 Å². The zero-order valence-corrected chi connectivity index (χ0v) is 12.2. The van der Waals surface area contributed by atoms with Gasteiger partial charge in [-0.2, -0.15) is 18.3 Å². The Morgan fingerprint density at radius 2 is 1.67 bits per heavy atom. The molecular formula is C16H12F3N3O2. The maximum atomic E-state index is 12.6. The predicted molar refractivity (Wildman–Crippen MR) is 82.3 cm³/mol. The Balaban J connectivity index is 1.95. The van der Waals surface area contributed by atoms with Crippen LogP contribution in [0.4, 0.5) is 18.9 Å². The molecular weight excluding hydrogens is 323 g/mol. The summed E-state index contributed by atoms with van der Waals surface area (Å²) in [5.74, 6) is -2.22. The molecule has 0 aromatic heterocycles. The Kier molecular flexibility index (Phi) is 5.31. The summed E-state index contributed by atoms with van der Waals surface area (Å²) in [6, 6.07) is 12.8. The van der Waals surface area contributed by atoms with Crippen LogP contribution in [0.25, 0.3) is 0 Å². The number of carbonyl (C=O) groups is 2. The molecule has 124 valence electrons. The quantitative estimate of drug-likeness (QED) is 0.514. The molecule has 2 N–H and O–H groups in total. The summed E-state index contributed by atoms with van der Waals surface area (Å²) in [5, 5.41) is 5.67. The molecule has 24 heavy (non-hydrogen) atoms. The van der Waals surface area contributed by atoms with Crippen molar-refractivity contribution in [2.24, 2.45) is 5.10 Å². The third-order valence-corrected chi connectivity index (χ3v) is 2.83. The standard InChI is InChI=1S/C16H12F3N3O2/c17-16(18,19)12-7-4-8-13(9-12)21-14(23)15(24)22-20-10-11-5-2-1-3-6-11/h1-10H,(H,21,23)(H,22,24)/b20-10-. The summed E-state index contributed by atoms with van der Waals surface area (Å²) in [6.07, 6.45) is -3.21. The second-order valence-corrected chi connectivity index (χ2v) is 4.64. The van der Waals surface area contributed by atoms with E-state index in [-0.39, 0.29) is 5.69 Å². The van der Waals surface area contributed by atoms with Crippen molar-refractivity contribution in [1.29, 1.82) is 0 Å². The maximum Gasteiger partial charge on any atom is 0.416 e. The lowest BCUT2D eigenvalue weighted by Gasteiger charge is -2.09. The van der Waals surface area contributed by atoms with Crippen molar-refractivity contribution in [3.63, 3.8) is 0 Å². The van der Waals surface area contributed by atoms with Crippen LogP contribution in [0, 0.1) is 0 Å². The van der Waals surface area contributed by atoms with E-state index in [1.54, 1.807) is 30.3 Å². The number of hydrogen-bond donors (Lipinski definition) is 2. The molecule has 0 aliphatic heterocycles. The normalized spacial score (nSPS) is 11.3. The van der Waals surface area contributed by atoms with Crippen LogP contribution in [0.5, 0.6) is 0 Å². The SMILES string of the molecule is O=C(N/N=C\c1ccccc1)C(=O)Nc1cccc(C(F)(F)F)c1. The molecule has 0 radical (unpaired) electrons.